The third kappa shape index (κ3) is 5.74. The van der Waals surface area contributed by atoms with Crippen LogP contribution in [0, 0.1) is 6.92 Å². The van der Waals surface area contributed by atoms with Gasteiger partial charge in [-0.2, -0.15) is 0 Å². The molecule has 1 saturated carbocycles. The van der Waals surface area contributed by atoms with Crippen LogP contribution in [-0.2, 0) is 14.4 Å². The van der Waals surface area contributed by atoms with E-state index in [0.717, 1.165) is 24.1 Å². The fourth-order valence-electron chi connectivity index (χ4n) is 2.76. The van der Waals surface area contributed by atoms with Crippen LogP contribution in [0.2, 0.25) is 0 Å². The van der Waals surface area contributed by atoms with E-state index in [4.69, 9.17) is 0 Å². The highest BCUT2D eigenvalue weighted by atomic mass is 32.2. The van der Waals surface area contributed by atoms with E-state index >= 15 is 0 Å². The fourth-order valence-corrected chi connectivity index (χ4v) is 3.65. The van der Waals surface area contributed by atoms with Gasteiger partial charge < -0.3 is 16.0 Å². The minimum absolute atomic E-state index is 0.0271. The van der Waals surface area contributed by atoms with E-state index in [9.17, 15) is 14.4 Å². The largest absolute Gasteiger partial charge is 0.353 e. The van der Waals surface area contributed by atoms with Crippen molar-refractivity contribution in [3.8, 4) is 0 Å². The molecule has 0 spiro atoms. The van der Waals surface area contributed by atoms with Gasteiger partial charge in [0, 0.05) is 30.6 Å². The fraction of sp³-hybridized carbons (Fsp3) is 0.500. The average molecular weight is 376 g/mol. The molecule has 2 aliphatic rings. The number of nitrogens with one attached hydrogen (secondary N) is 4. The normalized spacial score (nSPS) is 22.4. The number of carbonyl (C=O) groups excluding carboxylic acids is 3. The lowest BCUT2D eigenvalue weighted by molar-refractivity contribution is -0.125. The van der Waals surface area contributed by atoms with E-state index in [1.54, 1.807) is 0 Å². The number of anilines is 1. The number of thioether (sulfide) groups is 1. The number of hydrogen-bond donors (Lipinski definition) is 4. The summed E-state index contributed by atoms with van der Waals surface area (Å²) >= 11 is 1.30. The minimum atomic E-state index is -0.377. The maximum atomic E-state index is 12.1. The Morgan fingerprint density at radius 1 is 1.23 bits per heavy atom. The molecule has 1 aliphatic heterocycles. The Bertz CT molecular complexity index is 693. The summed E-state index contributed by atoms with van der Waals surface area (Å²) in [6.45, 7) is 1.93. The molecule has 1 aromatic rings. The highest BCUT2D eigenvalue weighted by molar-refractivity contribution is 8.00. The van der Waals surface area contributed by atoms with Gasteiger partial charge in [0.05, 0.1) is 5.75 Å². The van der Waals surface area contributed by atoms with Crippen molar-refractivity contribution in [2.24, 2.45) is 0 Å². The molecule has 2 unspecified atom stereocenters. The molecule has 2 atom stereocenters. The van der Waals surface area contributed by atoms with Crippen molar-refractivity contribution in [3.05, 3.63) is 29.8 Å². The number of para-hydroxylation sites is 1. The first kappa shape index (κ1) is 18.7. The molecule has 0 aromatic heterocycles. The molecule has 4 N–H and O–H groups in total. The summed E-state index contributed by atoms with van der Waals surface area (Å²) in [5, 5.41) is 11.8. The first-order valence-corrected chi connectivity index (χ1v) is 9.86. The first-order chi connectivity index (χ1) is 12.5. The minimum Gasteiger partial charge on any atom is -0.353 e. The number of benzene rings is 1. The van der Waals surface area contributed by atoms with E-state index in [-0.39, 0.29) is 47.9 Å². The van der Waals surface area contributed by atoms with Gasteiger partial charge in [-0.3, -0.25) is 19.7 Å². The molecule has 8 heteroatoms. The zero-order valence-corrected chi connectivity index (χ0v) is 15.5. The molecule has 3 rings (SSSR count). The second-order valence-corrected chi connectivity index (χ2v) is 7.83. The Morgan fingerprint density at radius 3 is 2.73 bits per heavy atom. The molecule has 26 heavy (non-hydrogen) atoms. The van der Waals surface area contributed by atoms with Gasteiger partial charge in [-0.05, 0) is 31.4 Å². The lowest BCUT2D eigenvalue weighted by Gasteiger charge is -2.30. The molecule has 140 valence electrons. The third-order valence-electron chi connectivity index (χ3n) is 4.29. The van der Waals surface area contributed by atoms with E-state index in [1.165, 1.54) is 11.8 Å². The summed E-state index contributed by atoms with van der Waals surface area (Å²) in [7, 11) is 0. The standard InChI is InChI=1S/C18H24N4O3S/c1-11-4-2-3-5-14(11)21-17(25)10-26-18-20-13(9-16(24)22-18)8-15(23)19-12-6-7-12/h2-5,12-13,18,20H,6-10H2,1H3,(H,19,23)(H,21,25)(H,22,24). The summed E-state index contributed by atoms with van der Waals surface area (Å²) in [5.41, 5.74) is 1.41. The quantitative estimate of drug-likeness (QED) is 0.571. The van der Waals surface area contributed by atoms with Gasteiger partial charge in [0.2, 0.25) is 17.7 Å². The van der Waals surface area contributed by atoms with Crippen LogP contribution in [0.25, 0.3) is 0 Å². The average Bonchev–Trinajstić information content (AvgIpc) is 3.38. The van der Waals surface area contributed by atoms with Gasteiger partial charge in [-0.25, -0.2) is 0 Å². The van der Waals surface area contributed by atoms with Crippen molar-refractivity contribution in [3.63, 3.8) is 0 Å². The lowest BCUT2D eigenvalue weighted by atomic mass is 10.1. The van der Waals surface area contributed by atoms with Crippen molar-refractivity contribution in [1.29, 1.82) is 0 Å². The predicted octanol–water partition coefficient (Wildman–Crippen LogP) is 1.10. The van der Waals surface area contributed by atoms with Crippen LogP contribution in [0.3, 0.4) is 0 Å². The monoisotopic (exact) mass is 376 g/mol. The Hall–Kier alpha value is -2.06. The number of rotatable bonds is 7. The van der Waals surface area contributed by atoms with Crippen LogP contribution in [0.5, 0.6) is 0 Å². The predicted molar refractivity (Wildman–Crippen MR) is 102 cm³/mol. The summed E-state index contributed by atoms with van der Waals surface area (Å²) in [4.78, 5) is 35.9. The van der Waals surface area contributed by atoms with Gasteiger partial charge in [-0.1, -0.05) is 18.2 Å². The molecule has 0 bridgehead atoms. The van der Waals surface area contributed by atoms with Gasteiger partial charge in [-0.15, -0.1) is 11.8 Å². The van der Waals surface area contributed by atoms with Gasteiger partial charge >= 0.3 is 0 Å². The SMILES string of the molecule is Cc1ccccc1NC(=O)CSC1NC(=O)CC(CC(=O)NC2CC2)N1. The number of hydrogen-bond acceptors (Lipinski definition) is 5. The highest BCUT2D eigenvalue weighted by Gasteiger charge is 2.30. The molecule has 2 fully saturated rings. The van der Waals surface area contributed by atoms with E-state index in [2.05, 4.69) is 21.3 Å². The molecule has 1 heterocycles. The molecule has 3 amide bonds. The summed E-state index contributed by atoms with van der Waals surface area (Å²) < 4.78 is 0. The zero-order valence-electron chi connectivity index (χ0n) is 14.7. The van der Waals surface area contributed by atoms with Crippen LogP contribution in [-0.4, -0.2) is 41.1 Å². The van der Waals surface area contributed by atoms with Crippen molar-refractivity contribution in [1.82, 2.24) is 16.0 Å². The first-order valence-electron chi connectivity index (χ1n) is 8.81. The van der Waals surface area contributed by atoms with Crippen molar-refractivity contribution in [2.75, 3.05) is 11.1 Å². The molecule has 7 nitrogen and oxygen atoms in total. The lowest BCUT2D eigenvalue weighted by Crippen LogP contribution is -2.56. The summed E-state index contributed by atoms with van der Waals surface area (Å²) in [6.07, 6.45) is 2.62. The van der Waals surface area contributed by atoms with Crippen molar-refractivity contribution < 1.29 is 14.4 Å². The Kier molecular flexibility index (Phi) is 6.16. The van der Waals surface area contributed by atoms with E-state index in [1.807, 2.05) is 31.2 Å². The smallest absolute Gasteiger partial charge is 0.234 e. The van der Waals surface area contributed by atoms with E-state index < -0.39 is 0 Å². The van der Waals surface area contributed by atoms with Gasteiger partial charge in [0.25, 0.3) is 0 Å². The maximum absolute atomic E-state index is 12.1. The van der Waals surface area contributed by atoms with Crippen LogP contribution in [0.4, 0.5) is 5.69 Å². The van der Waals surface area contributed by atoms with Crippen LogP contribution in [0.15, 0.2) is 24.3 Å². The van der Waals surface area contributed by atoms with Gasteiger partial charge in [0.15, 0.2) is 0 Å². The van der Waals surface area contributed by atoms with Crippen LogP contribution in [0.1, 0.15) is 31.2 Å². The molecular weight excluding hydrogens is 352 g/mol. The molecule has 1 saturated heterocycles. The number of aryl methyl sites for hydroxylation is 1. The topological polar surface area (TPSA) is 99.3 Å². The summed E-state index contributed by atoms with van der Waals surface area (Å²) in [5.74, 6) is -0.0627. The Balaban J connectivity index is 1.44. The second kappa shape index (κ2) is 8.55. The maximum Gasteiger partial charge on any atom is 0.234 e. The third-order valence-corrected chi connectivity index (χ3v) is 5.30. The molecule has 1 aromatic carbocycles. The van der Waals surface area contributed by atoms with Gasteiger partial charge in [0.1, 0.15) is 5.50 Å². The van der Waals surface area contributed by atoms with Crippen LogP contribution >= 0.6 is 11.8 Å². The summed E-state index contributed by atoms with van der Waals surface area (Å²) in [6, 6.07) is 7.68. The van der Waals surface area contributed by atoms with E-state index in [0.29, 0.717) is 6.04 Å². The van der Waals surface area contributed by atoms with Crippen LogP contribution < -0.4 is 21.3 Å². The zero-order chi connectivity index (χ0) is 18.5. The number of carbonyl (C=O) groups is 3. The van der Waals surface area contributed by atoms with Crippen molar-refractivity contribution >= 4 is 35.2 Å². The number of amides is 3. The Labute approximate surface area is 157 Å². The van der Waals surface area contributed by atoms with Crippen molar-refractivity contribution in [2.45, 2.75) is 50.2 Å². The molecular formula is C18H24N4O3S. The Morgan fingerprint density at radius 2 is 2.00 bits per heavy atom. The highest BCUT2D eigenvalue weighted by Crippen LogP contribution is 2.20. The molecule has 0 radical (unpaired) electrons. The second-order valence-electron chi connectivity index (χ2n) is 6.74. The molecule has 1 aliphatic carbocycles.